The third-order valence-corrected chi connectivity index (χ3v) is 6.83. The monoisotopic (exact) mass is 355 g/mol. The number of hydrogen-bond donors (Lipinski definition) is 0. The van der Waals surface area contributed by atoms with Crippen LogP contribution in [0.3, 0.4) is 0 Å². The molecule has 0 spiro atoms. The Kier molecular flexibility index (Phi) is 4.09. The van der Waals surface area contributed by atoms with Gasteiger partial charge in [-0.3, -0.25) is 4.68 Å². The summed E-state index contributed by atoms with van der Waals surface area (Å²) >= 11 is 0. The first-order chi connectivity index (χ1) is 12.1. The predicted molar refractivity (Wildman–Crippen MR) is 97.9 cm³/mol. The maximum Gasteiger partial charge on any atom is 0.243 e. The molecule has 0 amide bonds. The number of nitrogens with zero attached hydrogens (tertiary/aromatic N) is 3. The van der Waals surface area contributed by atoms with Crippen LogP contribution in [0.2, 0.25) is 0 Å². The molecule has 0 bridgehead atoms. The highest BCUT2D eigenvalue weighted by Gasteiger charge is 2.32. The van der Waals surface area contributed by atoms with Crippen LogP contribution in [0.1, 0.15) is 24.5 Å². The summed E-state index contributed by atoms with van der Waals surface area (Å²) in [5.41, 5.74) is 0.973. The van der Waals surface area contributed by atoms with Crippen molar-refractivity contribution in [3.05, 3.63) is 60.4 Å². The maximum atomic E-state index is 13.3. The minimum atomic E-state index is -3.52. The molecule has 5 nitrogen and oxygen atoms in total. The highest BCUT2D eigenvalue weighted by atomic mass is 32.2. The second kappa shape index (κ2) is 6.28. The van der Waals surface area contributed by atoms with Crippen molar-refractivity contribution in [2.45, 2.75) is 23.7 Å². The van der Waals surface area contributed by atoms with Crippen LogP contribution in [0.15, 0.2) is 59.6 Å². The van der Waals surface area contributed by atoms with E-state index < -0.39 is 10.0 Å². The van der Waals surface area contributed by atoms with Crippen LogP contribution >= 0.6 is 0 Å². The highest BCUT2D eigenvalue weighted by molar-refractivity contribution is 7.89. The maximum absolute atomic E-state index is 13.3. The van der Waals surface area contributed by atoms with E-state index in [1.807, 2.05) is 55.7 Å². The Morgan fingerprint density at radius 1 is 1.08 bits per heavy atom. The molecule has 25 heavy (non-hydrogen) atoms. The minimum Gasteiger partial charge on any atom is -0.276 e. The summed E-state index contributed by atoms with van der Waals surface area (Å²) < 4.78 is 30.0. The first kappa shape index (κ1) is 16.3. The number of aryl methyl sites for hydroxylation is 1. The third-order valence-electron chi connectivity index (χ3n) is 4.90. The fraction of sp³-hybridized carbons (Fsp3) is 0.316. The lowest BCUT2D eigenvalue weighted by atomic mass is 9.96. The molecular formula is C19H21N3O2S. The van der Waals surface area contributed by atoms with Gasteiger partial charge in [0.1, 0.15) is 0 Å². The molecule has 1 fully saturated rings. The molecule has 1 saturated heterocycles. The zero-order chi connectivity index (χ0) is 17.4. The van der Waals surface area contributed by atoms with Crippen LogP contribution in [0, 0.1) is 0 Å². The van der Waals surface area contributed by atoms with E-state index in [9.17, 15) is 8.42 Å². The van der Waals surface area contributed by atoms with Gasteiger partial charge in [0, 0.05) is 37.6 Å². The Hall–Kier alpha value is -2.18. The smallest absolute Gasteiger partial charge is 0.243 e. The van der Waals surface area contributed by atoms with Gasteiger partial charge in [0.05, 0.1) is 10.6 Å². The Morgan fingerprint density at radius 3 is 2.68 bits per heavy atom. The molecule has 1 aromatic heterocycles. The van der Waals surface area contributed by atoms with Gasteiger partial charge in [-0.25, -0.2) is 8.42 Å². The van der Waals surface area contributed by atoms with Gasteiger partial charge in [-0.2, -0.15) is 9.40 Å². The van der Waals surface area contributed by atoms with Gasteiger partial charge in [0.25, 0.3) is 0 Å². The molecule has 1 atom stereocenters. The van der Waals surface area contributed by atoms with Gasteiger partial charge in [0.2, 0.25) is 10.0 Å². The lowest BCUT2D eigenvalue weighted by molar-refractivity contribution is 0.312. The van der Waals surface area contributed by atoms with Gasteiger partial charge in [-0.1, -0.05) is 36.4 Å². The van der Waals surface area contributed by atoms with Crippen LogP contribution in [0.4, 0.5) is 0 Å². The van der Waals surface area contributed by atoms with E-state index in [0.717, 1.165) is 29.3 Å². The summed E-state index contributed by atoms with van der Waals surface area (Å²) in [4.78, 5) is 0.396. The molecule has 1 aliphatic heterocycles. The molecule has 0 N–H and O–H groups in total. The number of piperidine rings is 1. The van der Waals surface area contributed by atoms with Crippen molar-refractivity contribution in [3.63, 3.8) is 0 Å². The molecule has 2 aromatic carbocycles. The van der Waals surface area contributed by atoms with Crippen LogP contribution in [-0.4, -0.2) is 35.6 Å². The van der Waals surface area contributed by atoms with Crippen molar-refractivity contribution < 1.29 is 8.42 Å². The fourth-order valence-electron chi connectivity index (χ4n) is 3.61. The number of benzene rings is 2. The molecular weight excluding hydrogens is 334 g/mol. The fourth-order valence-corrected chi connectivity index (χ4v) is 5.35. The van der Waals surface area contributed by atoms with Crippen molar-refractivity contribution in [1.29, 1.82) is 0 Å². The molecule has 3 aromatic rings. The zero-order valence-electron chi connectivity index (χ0n) is 14.2. The van der Waals surface area contributed by atoms with Crippen LogP contribution in [0.25, 0.3) is 10.8 Å². The summed E-state index contributed by atoms with van der Waals surface area (Å²) in [6.07, 6.45) is 3.73. The van der Waals surface area contributed by atoms with Gasteiger partial charge in [-0.15, -0.1) is 0 Å². The van der Waals surface area contributed by atoms with E-state index in [0.29, 0.717) is 18.0 Å². The van der Waals surface area contributed by atoms with Crippen LogP contribution < -0.4 is 0 Å². The first-order valence-corrected chi connectivity index (χ1v) is 9.97. The molecule has 0 aliphatic carbocycles. The Labute approximate surface area is 147 Å². The molecule has 0 saturated carbocycles. The quantitative estimate of drug-likeness (QED) is 0.725. The average Bonchev–Trinajstić information content (AvgIpc) is 3.08. The van der Waals surface area contributed by atoms with Gasteiger partial charge >= 0.3 is 0 Å². The van der Waals surface area contributed by atoms with Crippen molar-refractivity contribution in [2.24, 2.45) is 7.05 Å². The van der Waals surface area contributed by atoms with E-state index in [4.69, 9.17) is 0 Å². The first-order valence-electron chi connectivity index (χ1n) is 8.53. The number of aromatic nitrogens is 2. The van der Waals surface area contributed by atoms with Crippen molar-refractivity contribution >= 4 is 20.8 Å². The van der Waals surface area contributed by atoms with Gasteiger partial charge in [-0.05, 0) is 30.4 Å². The summed E-state index contributed by atoms with van der Waals surface area (Å²) in [6.45, 7) is 1.05. The topological polar surface area (TPSA) is 55.2 Å². The Morgan fingerprint density at radius 2 is 1.88 bits per heavy atom. The Balaban J connectivity index is 1.69. The standard InChI is InChI=1S/C19H21N3O2S/c1-21-13-11-18(20-21)16-8-5-12-22(14-16)25(23,24)19-10-4-7-15-6-2-3-9-17(15)19/h2-4,6-7,9-11,13,16H,5,8,12,14H2,1H3/t16-/m0/s1. The van der Waals surface area contributed by atoms with Crippen LogP contribution in [0.5, 0.6) is 0 Å². The molecule has 0 radical (unpaired) electrons. The largest absolute Gasteiger partial charge is 0.276 e. The number of hydrogen-bond acceptors (Lipinski definition) is 3. The van der Waals surface area contributed by atoms with Crippen LogP contribution in [-0.2, 0) is 17.1 Å². The van der Waals surface area contributed by atoms with E-state index in [-0.39, 0.29) is 5.92 Å². The zero-order valence-corrected chi connectivity index (χ0v) is 15.0. The summed E-state index contributed by atoms with van der Waals surface area (Å²) in [6, 6.07) is 15.1. The van der Waals surface area contributed by atoms with Gasteiger partial charge in [0.15, 0.2) is 0 Å². The molecule has 2 heterocycles. The number of fused-ring (bicyclic) bond motifs is 1. The number of sulfonamides is 1. The normalized spacial score (nSPS) is 19.3. The second-order valence-corrected chi connectivity index (χ2v) is 8.50. The minimum absolute atomic E-state index is 0.153. The number of rotatable bonds is 3. The average molecular weight is 355 g/mol. The predicted octanol–water partition coefficient (Wildman–Crippen LogP) is 3.14. The van der Waals surface area contributed by atoms with E-state index in [1.54, 1.807) is 15.1 Å². The third kappa shape index (κ3) is 2.96. The summed E-state index contributed by atoms with van der Waals surface area (Å²) in [7, 11) is -1.64. The van der Waals surface area contributed by atoms with E-state index in [2.05, 4.69) is 5.10 Å². The molecule has 1 aliphatic rings. The molecule has 6 heteroatoms. The lowest BCUT2D eigenvalue weighted by Gasteiger charge is -2.31. The van der Waals surface area contributed by atoms with Crippen molar-refractivity contribution in [1.82, 2.24) is 14.1 Å². The van der Waals surface area contributed by atoms with Crippen molar-refractivity contribution in [2.75, 3.05) is 13.1 Å². The molecule has 0 unspecified atom stereocenters. The lowest BCUT2D eigenvalue weighted by Crippen LogP contribution is -2.39. The summed E-state index contributed by atoms with van der Waals surface area (Å²) in [5.74, 6) is 0.153. The van der Waals surface area contributed by atoms with Crippen molar-refractivity contribution in [3.8, 4) is 0 Å². The SMILES string of the molecule is Cn1ccc([C@H]2CCCN(S(=O)(=O)c3cccc4ccccc34)C2)n1. The molecule has 130 valence electrons. The molecule has 4 rings (SSSR count). The van der Waals surface area contributed by atoms with E-state index in [1.165, 1.54) is 0 Å². The van der Waals surface area contributed by atoms with Gasteiger partial charge < -0.3 is 0 Å². The highest BCUT2D eigenvalue weighted by Crippen LogP contribution is 2.31. The van der Waals surface area contributed by atoms with E-state index >= 15 is 0 Å². The second-order valence-electron chi connectivity index (χ2n) is 6.59. The Bertz CT molecular complexity index is 1000. The summed E-state index contributed by atoms with van der Waals surface area (Å²) in [5, 5.41) is 6.20.